The number of hydrogen-bond acceptors (Lipinski definition) is 6. The molecule has 18 heavy (non-hydrogen) atoms. The number of nitrogens with one attached hydrogen (secondary N) is 1. The van der Waals surface area contributed by atoms with Crippen molar-refractivity contribution < 1.29 is 9.84 Å². The Bertz CT molecular complexity index is 577. The van der Waals surface area contributed by atoms with Gasteiger partial charge in [-0.15, -0.1) is 0 Å². The second-order valence-electron chi connectivity index (χ2n) is 3.51. The average molecular weight is 267 g/mol. The fraction of sp³-hybridized carbons (Fsp3) is 0.182. The smallest absolute Gasteiger partial charge is 0.227 e. The molecule has 2 heterocycles. The highest BCUT2D eigenvalue weighted by atomic mass is 35.5. The molecule has 2 N–H and O–H groups in total. The van der Waals surface area contributed by atoms with Crippen LogP contribution >= 0.6 is 11.6 Å². The molecule has 0 unspecified atom stereocenters. The molecule has 94 valence electrons. The van der Waals surface area contributed by atoms with Crippen molar-refractivity contribution in [3.63, 3.8) is 0 Å². The van der Waals surface area contributed by atoms with Gasteiger partial charge in [0.2, 0.25) is 11.8 Å². The minimum absolute atomic E-state index is 0.0471. The second-order valence-corrected chi connectivity index (χ2v) is 3.90. The van der Waals surface area contributed by atoms with Gasteiger partial charge in [0.25, 0.3) is 0 Å². The molecule has 0 saturated heterocycles. The van der Waals surface area contributed by atoms with E-state index >= 15 is 0 Å². The molecule has 0 amide bonds. The zero-order valence-corrected chi connectivity index (χ0v) is 10.6. The molecule has 0 aliphatic rings. The Morgan fingerprint density at radius 3 is 2.78 bits per heavy atom. The molecule has 0 atom stereocenters. The first kappa shape index (κ1) is 12.4. The number of methoxy groups -OCH3 is 1. The van der Waals surface area contributed by atoms with Gasteiger partial charge in [-0.25, -0.2) is 15.0 Å². The van der Waals surface area contributed by atoms with E-state index in [0.29, 0.717) is 28.4 Å². The molecule has 0 fully saturated rings. The number of rotatable bonds is 3. The lowest BCUT2D eigenvalue weighted by molar-refractivity contribution is 0.398. The third-order valence-electron chi connectivity index (χ3n) is 2.19. The normalized spacial score (nSPS) is 10.2. The standard InChI is InChI=1S/C11H11ClN4O2/c1-6-8(17)5-13-11(14-6)15-7-3-9(12)16-10(4-7)18-2/h3-5,17H,1-2H3,(H,13,14,15,16). The molecule has 2 aromatic heterocycles. The number of ether oxygens (including phenoxy) is 1. The van der Waals surface area contributed by atoms with Gasteiger partial charge in [-0.05, 0) is 13.0 Å². The van der Waals surface area contributed by atoms with Crippen LogP contribution in [-0.2, 0) is 0 Å². The van der Waals surface area contributed by atoms with Gasteiger partial charge >= 0.3 is 0 Å². The van der Waals surface area contributed by atoms with E-state index < -0.39 is 0 Å². The Hall–Kier alpha value is -2.08. The summed E-state index contributed by atoms with van der Waals surface area (Å²) in [6.07, 6.45) is 1.32. The van der Waals surface area contributed by atoms with Gasteiger partial charge in [-0.1, -0.05) is 11.6 Å². The highest BCUT2D eigenvalue weighted by molar-refractivity contribution is 6.29. The minimum Gasteiger partial charge on any atom is -0.504 e. The monoisotopic (exact) mass is 266 g/mol. The number of anilines is 2. The topological polar surface area (TPSA) is 80.2 Å². The van der Waals surface area contributed by atoms with Crippen molar-refractivity contribution in [2.75, 3.05) is 12.4 Å². The van der Waals surface area contributed by atoms with Crippen LogP contribution in [0.5, 0.6) is 11.6 Å². The van der Waals surface area contributed by atoms with Crippen molar-refractivity contribution in [1.82, 2.24) is 15.0 Å². The maximum absolute atomic E-state index is 9.33. The molecule has 2 rings (SSSR count). The highest BCUT2D eigenvalue weighted by Crippen LogP contribution is 2.23. The van der Waals surface area contributed by atoms with Gasteiger partial charge < -0.3 is 15.2 Å². The summed E-state index contributed by atoms with van der Waals surface area (Å²) in [4.78, 5) is 12.0. The van der Waals surface area contributed by atoms with Crippen molar-refractivity contribution in [2.45, 2.75) is 6.92 Å². The average Bonchev–Trinajstić information content (AvgIpc) is 2.33. The lowest BCUT2D eigenvalue weighted by Crippen LogP contribution is -1.99. The van der Waals surface area contributed by atoms with Gasteiger partial charge in [-0.3, -0.25) is 0 Å². The molecular formula is C11H11ClN4O2. The first-order chi connectivity index (χ1) is 8.58. The van der Waals surface area contributed by atoms with E-state index in [1.165, 1.54) is 13.3 Å². The summed E-state index contributed by atoms with van der Waals surface area (Å²) < 4.78 is 5.00. The third kappa shape index (κ3) is 2.78. The predicted octanol–water partition coefficient (Wildman–Crippen LogP) is 2.29. The van der Waals surface area contributed by atoms with Crippen molar-refractivity contribution in [3.8, 4) is 11.6 Å². The number of aromatic nitrogens is 3. The van der Waals surface area contributed by atoms with E-state index in [-0.39, 0.29) is 5.75 Å². The lowest BCUT2D eigenvalue weighted by Gasteiger charge is -2.07. The molecule has 0 aromatic carbocycles. The van der Waals surface area contributed by atoms with Crippen molar-refractivity contribution >= 4 is 23.2 Å². The summed E-state index contributed by atoms with van der Waals surface area (Å²) >= 11 is 5.84. The molecular weight excluding hydrogens is 256 g/mol. The number of hydrogen-bond donors (Lipinski definition) is 2. The molecule has 0 saturated carbocycles. The van der Waals surface area contributed by atoms with Crippen molar-refractivity contribution in [3.05, 3.63) is 29.2 Å². The second kappa shape index (κ2) is 5.05. The van der Waals surface area contributed by atoms with Gasteiger partial charge in [0.05, 0.1) is 19.0 Å². The molecule has 2 aromatic rings. The maximum atomic E-state index is 9.33. The van der Waals surface area contributed by atoms with Crippen LogP contribution in [0.1, 0.15) is 5.69 Å². The zero-order valence-electron chi connectivity index (χ0n) is 9.81. The van der Waals surface area contributed by atoms with Crippen LogP contribution in [0.3, 0.4) is 0 Å². The number of aryl methyl sites for hydroxylation is 1. The summed E-state index contributed by atoms with van der Waals surface area (Å²) in [5, 5.41) is 12.6. The summed E-state index contributed by atoms with van der Waals surface area (Å²) in [5.74, 6) is 0.793. The molecule has 0 spiro atoms. The number of nitrogens with zero attached hydrogens (tertiary/aromatic N) is 3. The number of pyridine rings is 1. The SMILES string of the molecule is COc1cc(Nc2ncc(O)c(C)n2)cc(Cl)n1. The van der Waals surface area contributed by atoms with Crippen LogP contribution in [-0.4, -0.2) is 27.2 Å². The van der Waals surface area contributed by atoms with Gasteiger partial charge in [0.1, 0.15) is 5.15 Å². The van der Waals surface area contributed by atoms with Crippen LogP contribution in [0.25, 0.3) is 0 Å². The Morgan fingerprint density at radius 1 is 1.33 bits per heavy atom. The number of aromatic hydroxyl groups is 1. The predicted molar refractivity (Wildman–Crippen MR) is 67.5 cm³/mol. The Balaban J connectivity index is 2.27. The van der Waals surface area contributed by atoms with Crippen LogP contribution in [0.2, 0.25) is 5.15 Å². The zero-order chi connectivity index (χ0) is 13.1. The molecule has 0 bridgehead atoms. The van der Waals surface area contributed by atoms with Gasteiger partial charge in [-0.2, -0.15) is 0 Å². The van der Waals surface area contributed by atoms with Crippen molar-refractivity contribution in [2.24, 2.45) is 0 Å². The molecule has 6 nitrogen and oxygen atoms in total. The van der Waals surface area contributed by atoms with Crippen LogP contribution in [0, 0.1) is 6.92 Å². The Kier molecular flexibility index (Phi) is 3.47. The maximum Gasteiger partial charge on any atom is 0.227 e. The largest absolute Gasteiger partial charge is 0.504 e. The minimum atomic E-state index is 0.0471. The fourth-order valence-corrected chi connectivity index (χ4v) is 1.50. The third-order valence-corrected chi connectivity index (χ3v) is 2.38. The summed E-state index contributed by atoms with van der Waals surface area (Å²) in [5.41, 5.74) is 1.14. The van der Waals surface area contributed by atoms with E-state index in [2.05, 4.69) is 20.3 Å². The molecule has 0 aliphatic heterocycles. The molecule has 0 radical (unpaired) electrons. The first-order valence-corrected chi connectivity index (χ1v) is 5.47. The lowest BCUT2D eigenvalue weighted by atomic mass is 10.4. The Morgan fingerprint density at radius 2 is 2.11 bits per heavy atom. The molecule has 7 heteroatoms. The molecule has 0 aliphatic carbocycles. The van der Waals surface area contributed by atoms with Crippen molar-refractivity contribution in [1.29, 1.82) is 0 Å². The summed E-state index contributed by atoms with van der Waals surface area (Å²) in [7, 11) is 1.50. The van der Waals surface area contributed by atoms with E-state index in [1.807, 2.05) is 0 Å². The van der Waals surface area contributed by atoms with E-state index in [0.717, 1.165) is 0 Å². The van der Waals surface area contributed by atoms with Gasteiger partial charge in [0.15, 0.2) is 5.75 Å². The Labute approximate surface area is 109 Å². The van der Waals surface area contributed by atoms with Crippen LogP contribution in [0.15, 0.2) is 18.3 Å². The highest BCUT2D eigenvalue weighted by Gasteiger charge is 2.05. The van der Waals surface area contributed by atoms with E-state index in [9.17, 15) is 5.11 Å². The first-order valence-electron chi connectivity index (χ1n) is 5.09. The van der Waals surface area contributed by atoms with Gasteiger partial charge in [0, 0.05) is 11.8 Å². The summed E-state index contributed by atoms with van der Waals surface area (Å²) in [6.45, 7) is 1.68. The fourth-order valence-electron chi connectivity index (χ4n) is 1.30. The number of halogens is 1. The van der Waals surface area contributed by atoms with E-state index in [4.69, 9.17) is 16.3 Å². The summed E-state index contributed by atoms with van der Waals surface area (Å²) in [6, 6.07) is 3.28. The van der Waals surface area contributed by atoms with Crippen LogP contribution in [0.4, 0.5) is 11.6 Å². The quantitative estimate of drug-likeness (QED) is 0.830. The van der Waals surface area contributed by atoms with Crippen LogP contribution < -0.4 is 10.1 Å². The van der Waals surface area contributed by atoms with E-state index in [1.54, 1.807) is 19.1 Å².